The highest BCUT2D eigenvalue weighted by atomic mass is 16.6. The third kappa shape index (κ3) is 8.79. The molecule has 3 fully saturated rings. The first-order valence-corrected chi connectivity index (χ1v) is 17.0. The summed E-state index contributed by atoms with van der Waals surface area (Å²) in [7, 11) is 2.21. The summed E-state index contributed by atoms with van der Waals surface area (Å²) < 4.78 is 5.53. The molecule has 3 saturated heterocycles. The number of carbonyl (C=O) groups excluding carboxylic acids is 2. The lowest BCUT2D eigenvalue weighted by atomic mass is 9.97. The van der Waals surface area contributed by atoms with E-state index in [1.807, 2.05) is 39.8 Å². The van der Waals surface area contributed by atoms with Crippen LogP contribution < -0.4 is 21.3 Å². The number of ether oxygens (including phenoxy) is 1. The van der Waals surface area contributed by atoms with Crippen LogP contribution in [0.5, 0.6) is 0 Å². The average molecular weight is 636 g/mol. The number of aryl methyl sites for hydroxylation is 1. The van der Waals surface area contributed by atoms with Crippen molar-refractivity contribution < 1.29 is 14.3 Å². The summed E-state index contributed by atoms with van der Waals surface area (Å²) >= 11 is 0. The van der Waals surface area contributed by atoms with Gasteiger partial charge in [-0.15, -0.1) is 0 Å². The van der Waals surface area contributed by atoms with Crippen LogP contribution in [0.15, 0.2) is 24.3 Å². The molecule has 12 heteroatoms. The molecule has 252 valence electrons. The number of hydrogen-bond acceptors (Lipinski definition) is 10. The molecule has 4 heterocycles. The Kier molecular flexibility index (Phi) is 10.9. The van der Waals surface area contributed by atoms with E-state index in [0.29, 0.717) is 55.3 Å². The molecule has 0 bridgehead atoms. The van der Waals surface area contributed by atoms with E-state index in [0.717, 1.165) is 44.7 Å². The van der Waals surface area contributed by atoms with Gasteiger partial charge in [0.15, 0.2) is 11.5 Å². The van der Waals surface area contributed by atoms with Crippen LogP contribution in [0.25, 0.3) is 0 Å². The second-order valence-corrected chi connectivity index (χ2v) is 14.0. The third-order valence-corrected chi connectivity index (χ3v) is 9.37. The molecule has 0 atom stereocenters. The van der Waals surface area contributed by atoms with Gasteiger partial charge < -0.3 is 35.8 Å². The Bertz CT molecular complexity index is 1320. The monoisotopic (exact) mass is 635 g/mol. The lowest BCUT2D eigenvalue weighted by Crippen LogP contribution is -2.52. The quantitative estimate of drug-likeness (QED) is 0.369. The zero-order chi connectivity index (χ0) is 32.8. The van der Waals surface area contributed by atoms with E-state index in [1.165, 1.54) is 31.6 Å². The predicted octanol–water partition coefficient (Wildman–Crippen LogP) is 4.16. The number of rotatable bonds is 9. The van der Waals surface area contributed by atoms with Crippen LogP contribution in [0.1, 0.15) is 69.6 Å². The fourth-order valence-electron chi connectivity index (χ4n) is 6.57. The molecule has 0 saturated carbocycles. The second kappa shape index (κ2) is 14.8. The maximum absolute atomic E-state index is 12.5. The number of amides is 2. The molecule has 1 aromatic carbocycles. The molecular formula is C34H53N9O3. The first kappa shape index (κ1) is 33.7. The Balaban J connectivity index is 1.18. The van der Waals surface area contributed by atoms with Crippen molar-refractivity contribution in [1.29, 1.82) is 0 Å². The largest absolute Gasteiger partial charge is 0.444 e. The van der Waals surface area contributed by atoms with E-state index in [1.54, 1.807) is 4.90 Å². The number of aromatic nitrogens is 2. The van der Waals surface area contributed by atoms with Crippen molar-refractivity contribution in [3.63, 3.8) is 0 Å². The molecule has 0 aliphatic carbocycles. The van der Waals surface area contributed by atoms with Crippen LogP contribution in [0.3, 0.4) is 0 Å². The summed E-state index contributed by atoms with van der Waals surface area (Å²) in [6.07, 6.45) is 4.45. The second-order valence-electron chi connectivity index (χ2n) is 14.0. The molecule has 0 radical (unpaired) electrons. The summed E-state index contributed by atoms with van der Waals surface area (Å²) in [5.41, 5.74) is 8.08. The van der Waals surface area contributed by atoms with Gasteiger partial charge in [-0.3, -0.25) is 9.69 Å². The van der Waals surface area contributed by atoms with Crippen molar-refractivity contribution in [3.8, 4) is 0 Å². The van der Waals surface area contributed by atoms with Gasteiger partial charge in [-0.05, 0) is 90.1 Å². The van der Waals surface area contributed by atoms with Gasteiger partial charge in [0.1, 0.15) is 11.4 Å². The highest BCUT2D eigenvalue weighted by molar-refractivity contribution is 5.96. The Labute approximate surface area is 274 Å². The Hall–Kier alpha value is -3.64. The van der Waals surface area contributed by atoms with Gasteiger partial charge in [0.05, 0.1) is 5.69 Å². The van der Waals surface area contributed by atoms with Crippen molar-refractivity contribution in [2.24, 2.45) is 11.7 Å². The summed E-state index contributed by atoms with van der Waals surface area (Å²) in [4.78, 5) is 43.6. The van der Waals surface area contributed by atoms with E-state index in [-0.39, 0.29) is 11.8 Å². The number of primary amides is 1. The Morgan fingerprint density at radius 3 is 2.15 bits per heavy atom. The number of carbonyl (C=O) groups is 2. The number of benzene rings is 1. The fraction of sp³-hybridized carbons (Fsp3) is 0.647. The molecule has 5 rings (SSSR count). The van der Waals surface area contributed by atoms with Gasteiger partial charge in [0, 0.05) is 76.3 Å². The van der Waals surface area contributed by atoms with E-state index >= 15 is 0 Å². The molecule has 0 spiro atoms. The topological polar surface area (TPSA) is 132 Å². The van der Waals surface area contributed by atoms with E-state index in [4.69, 9.17) is 15.5 Å². The van der Waals surface area contributed by atoms with Gasteiger partial charge in [0.25, 0.3) is 5.91 Å². The fourth-order valence-corrected chi connectivity index (χ4v) is 6.57. The molecule has 2 amide bonds. The summed E-state index contributed by atoms with van der Waals surface area (Å²) in [6, 6.07) is 8.97. The normalized spacial score (nSPS) is 19.2. The smallest absolute Gasteiger partial charge is 0.410 e. The standard InChI is InChI=1S/C34H53N9O3/c1-6-28-31(36-23-24-11-15-43(16-12-24)33(45)46-34(2,3)4)39-32(29(38-28)30(35)44)37-25-7-9-26(10-8-25)41-17-13-27(14-18-41)42-21-19-40(5)20-22-42/h7-10,24,27H,6,11-23H2,1-5H3,(H2,35,44)(H2,36,37,39). The summed E-state index contributed by atoms with van der Waals surface area (Å²) in [5, 5.41) is 6.78. The van der Waals surface area contributed by atoms with Crippen LogP contribution in [0.2, 0.25) is 0 Å². The minimum Gasteiger partial charge on any atom is -0.444 e. The molecule has 0 unspecified atom stereocenters. The number of piperazine rings is 1. The predicted molar refractivity (Wildman–Crippen MR) is 183 cm³/mol. The van der Waals surface area contributed by atoms with E-state index < -0.39 is 11.5 Å². The minimum atomic E-state index is -0.620. The average Bonchev–Trinajstić information content (AvgIpc) is 3.04. The Morgan fingerprint density at radius 2 is 1.57 bits per heavy atom. The van der Waals surface area contributed by atoms with Crippen LogP contribution in [0, 0.1) is 5.92 Å². The van der Waals surface area contributed by atoms with Crippen LogP contribution >= 0.6 is 0 Å². The van der Waals surface area contributed by atoms with Crippen molar-refractivity contribution in [3.05, 3.63) is 35.7 Å². The number of anilines is 4. The van der Waals surface area contributed by atoms with Crippen LogP contribution in [0.4, 0.5) is 27.8 Å². The van der Waals surface area contributed by atoms with Gasteiger partial charge in [0.2, 0.25) is 0 Å². The van der Waals surface area contributed by atoms with Gasteiger partial charge in [-0.25, -0.2) is 14.8 Å². The maximum Gasteiger partial charge on any atom is 0.410 e. The van der Waals surface area contributed by atoms with Crippen molar-refractivity contribution in [1.82, 2.24) is 24.7 Å². The van der Waals surface area contributed by atoms with Gasteiger partial charge in [-0.2, -0.15) is 0 Å². The molecule has 4 N–H and O–H groups in total. The number of nitrogens with one attached hydrogen (secondary N) is 2. The molecule has 12 nitrogen and oxygen atoms in total. The zero-order valence-corrected chi connectivity index (χ0v) is 28.3. The number of nitrogens with zero attached hydrogens (tertiary/aromatic N) is 6. The maximum atomic E-state index is 12.5. The number of hydrogen-bond donors (Lipinski definition) is 3. The minimum absolute atomic E-state index is 0.128. The zero-order valence-electron chi connectivity index (χ0n) is 28.3. The Morgan fingerprint density at radius 1 is 0.913 bits per heavy atom. The molecular weight excluding hydrogens is 582 g/mol. The summed E-state index contributed by atoms with van der Waals surface area (Å²) in [6.45, 7) is 16.4. The molecule has 1 aromatic heterocycles. The first-order chi connectivity index (χ1) is 22.0. The first-order valence-electron chi connectivity index (χ1n) is 17.0. The van der Waals surface area contributed by atoms with Crippen molar-refractivity contribution >= 4 is 35.0 Å². The van der Waals surface area contributed by atoms with Gasteiger partial charge >= 0.3 is 6.09 Å². The molecule has 3 aliphatic rings. The van der Waals surface area contributed by atoms with Crippen LogP contribution in [-0.2, 0) is 11.2 Å². The number of nitrogens with two attached hydrogens (primary N) is 1. The molecule has 3 aliphatic heterocycles. The third-order valence-electron chi connectivity index (χ3n) is 9.37. The number of piperidine rings is 2. The number of likely N-dealkylation sites (N-methyl/N-ethyl adjacent to an activating group) is 1. The highest BCUT2D eigenvalue weighted by Crippen LogP contribution is 2.28. The molecule has 2 aromatic rings. The van der Waals surface area contributed by atoms with Crippen LogP contribution in [-0.4, -0.2) is 114 Å². The number of likely N-dealkylation sites (tertiary alicyclic amines) is 1. The van der Waals surface area contributed by atoms with E-state index in [9.17, 15) is 9.59 Å². The molecule has 46 heavy (non-hydrogen) atoms. The summed E-state index contributed by atoms with van der Waals surface area (Å²) in [5.74, 6) is 0.735. The lowest BCUT2D eigenvalue weighted by Gasteiger charge is -2.42. The van der Waals surface area contributed by atoms with Gasteiger partial charge in [-0.1, -0.05) is 6.92 Å². The highest BCUT2D eigenvalue weighted by Gasteiger charge is 2.28. The van der Waals surface area contributed by atoms with Crippen molar-refractivity contribution in [2.75, 3.05) is 81.5 Å². The SMILES string of the molecule is CCc1nc(C(N)=O)c(Nc2ccc(N3CCC(N4CCN(C)CC4)CC3)cc2)nc1NCC1CCN(C(=O)OC(C)(C)C)CC1. The van der Waals surface area contributed by atoms with E-state index in [2.05, 4.69) is 49.5 Å². The lowest BCUT2D eigenvalue weighted by molar-refractivity contribution is 0.0188. The van der Waals surface area contributed by atoms with Crippen molar-refractivity contribution in [2.45, 2.75) is 71.4 Å².